The molecule has 0 atom stereocenters. The highest BCUT2D eigenvalue weighted by molar-refractivity contribution is 7.84. The molecule has 0 fully saturated rings. The molecule has 12 heteroatoms. The number of nitrogens with one attached hydrogen (secondary N) is 2. The molecule has 0 aliphatic rings. The monoisotopic (exact) mass is 536 g/mol. The Morgan fingerprint density at radius 3 is 2.34 bits per heavy atom. The first-order valence-corrected chi connectivity index (χ1v) is 11.4. The second-order valence-corrected chi connectivity index (χ2v) is 8.31. The first-order valence-electron chi connectivity index (χ1n) is 11.0. The second kappa shape index (κ2) is 11.1. The predicted molar refractivity (Wildman–Crippen MR) is 139 cm³/mol. The van der Waals surface area contributed by atoms with Crippen LogP contribution in [0.1, 0.15) is 5.56 Å². The van der Waals surface area contributed by atoms with Crippen LogP contribution in [0.4, 0.5) is 24.5 Å². The van der Waals surface area contributed by atoms with Gasteiger partial charge in [0, 0.05) is 16.9 Å². The molecular formula is C26H19F3N6O2S. The van der Waals surface area contributed by atoms with Crippen molar-refractivity contribution in [2.45, 2.75) is 13.3 Å². The number of halogens is 3. The van der Waals surface area contributed by atoms with E-state index >= 15 is 0 Å². The third kappa shape index (κ3) is 6.51. The van der Waals surface area contributed by atoms with E-state index in [-0.39, 0.29) is 16.4 Å². The molecule has 1 amide bonds. The van der Waals surface area contributed by atoms with Crippen molar-refractivity contribution >= 4 is 29.9 Å². The number of aromatic nitrogens is 3. The summed E-state index contributed by atoms with van der Waals surface area (Å²) in [5.41, 5.74) is 3.01. The number of nitriles is 1. The molecule has 8 nitrogen and oxygen atoms in total. The number of ether oxygens (including phenoxy) is 1. The molecule has 4 rings (SSSR count). The van der Waals surface area contributed by atoms with Gasteiger partial charge in [-0.1, -0.05) is 18.2 Å². The number of hydrogen-bond donors (Lipinski definition) is 3. The highest BCUT2D eigenvalue weighted by atomic mass is 32.1. The summed E-state index contributed by atoms with van der Waals surface area (Å²) in [6.07, 6.45) is -3.35. The van der Waals surface area contributed by atoms with Crippen molar-refractivity contribution in [3.8, 4) is 28.9 Å². The number of amides is 1. The van der Waals surface area contributed by atoms with Crippen molar-refractivity contribution in [3.05, 3.63) is 95.3 Å². The number of carbonyl (C=O) groups excluding carboxylic acids is 1. The summed E-state index contributed by atoms with van der Waals surface area (Å²) in [7, 11) is 0. The zero-order chi connectivity index (χ0) is 27.3. The van der Waals surface area contributed by atoms with Gasteiger partial charge in [0.1, 0.15) is 23.7 Å². The maximum absolute atomic E-state index is 12.7. The van der Waals surface area contributed by atoms with Crippen molar-refractivity contribution in [1.29, 1.82) is 5.26 Å². The second-order valence-electron chi connectivity index (χ2n) is 7.86. The van der Waals surface area contributed by atoms with Crippen LogP contribution in [0.3, 0.4) is 0 Å². The normalized spacial score (nSPS) is 11.8. The molecule has 0 unspecified atom stereocenters. The quantitative estimate of drug-likeness (QED) is 0.155. The largest absolute Gasteiger partial charge is 0.573 e. The predicted octanol–water partition coefficient (Wildman–Crippen LogP) is 5.86. The zero-order valence-electron chi connectivity index (χ0n) is 19.7. The Labute approximate surface area is 220 Å². The number of hydrogen-bond acceptors (Lipinski definition) is 7. The van der Waals surface area contributed by atoms with E-state index in [0.717, 1.165) is 11.3 Å². The lowest BCUT2D eigenvalue weighted by Gasteiger charge is -2.11. The van der Waals surface area contributed by atoms with E-state index < -0.39 is 12.3 Å². The Balaban J connectivity index is 1.43. The third-order valence-corrected chi connectivity index (χ3v) is 5.54. The van der Waals surface area contributed by atoms with E-state index in [1.54, 1.807) is 24.3 Å². The van der Waals surface area contributed by atoms with Gasteiger partial charge in [-0.25, -0.2) is 9.67 Å². The molecule has 0 aliphatic carbocycles. The van der Waals surface area contributed by atoms with Crippen LogP contribution in [0.2, 0.25) is 0 Å². The summed E-state index contributed by atoms with van der Waals surface area (Å²) in [4.78, 5) is 16.9. The van der Waals surface area contributed by atoms with Gasteiger partial charge >= 0.3 is 6.36 Å². The van der Waals surface area contributed by atoms with E-state index in [9.17, 15) is 23.2 Å². The summed E-state index contributed by atoms with van der Waals surface area (Å²) in [6, 6.07) is 21.1. The summed E-state index contributed by atoms with van der Waals surface area (Å²) < 4.78 is 42.3. The molecule has 4 aromatic rings. The van der Waals surface area contributed by atoms with E-state index in [1.807, 2.05) is 37.3 Å². The SMILES string of the molecule is Cc1ccccc1NC(S)=C(C#N)C(=O)Nc1ccc(-c2ncn(-c3ccc(OC(F)(F)F)cc3)n2)cc1. The topological polar surface area (TPSA) is 105 Å². The number of nitrogens with zero attached hydrogens (tertiary/aromatic N) is 4. The van der Waals surface area contributed by atoms with Gasteiger partial charge in [0.15, 0.2) is 5.82 Å². The Morgan fingerprint density at radius 2 is 1.71 bits per heavy atom. The molecule has 3 aromatic carbocycles. The summed E-state index contributed by atoms with van der Waals surface area (Å²) >= 11 is 4.30. The molecule has 0 spiro atoms. The Hall–Kier alpha value is -4.76. The molecule has 0 bridgehead atoms. The van der Waals surface area contributed by atoms with E-state index in [2.05, 4.69) is 38.1 Å². The van der Waals surface area contributed by atoms with Crippen LogP contribution in [-0.4, -0.2) is 27.0 Å². The number of anilines is 2. The van der Waals surface area contributed by atoms with Crippen LogP contribution in [0.15, 0.2) is 89.7 Å². The number of benzene rings is 3. The number of aryl methyl sites for hydroxylation is 1. The van der Waals surface area contributed by atoms with Gasteiger partial charge in [0.25, 0.3) is 5.91 Å². The minimum absolute atomic E-state index is 0.115. The van der Waals surface area contributed by atoms with Crippen molar-refractivity contribution in [2.75, 3.05) is 10.6 Å². The summed E-state index contributed by atoms with van der Waals surface area (Å²) in [5.74, 6) is -0.618. The van der Waals surface area contributed by atoms with Gasteiger partial charge in [0.2, 0.25) is 0 Å². The van der Waals surface area contributed by atoms with Crippen LogP contribution in [-0.2, 0) is 4.79 Å². The maximum atomic E-state index is 12.7. The van der Waals surface area contributed by atoms with Gasteiger partial charge < -0.3 is 15.4 Å². The first-order chi connectivity index (χ1) is 18.1. The lowest BCUT2D eigenvalue weighted by atomic mass is 10.2. The average Bonchev–Trinajstić information content (AvgIpc) is 3.36. The molecule has 192 valence electrons. The standard InChI is InChI=1S/C26H19F3N6O2S/c1-16-4-2-3-5-22(16)33-25(38)21(14-30)24(36)32-18-8-6-17(7-9-18)23-31-15-35(34-23)19-10-12-20(13-11-19)37-26(27,28)29/h2-13,15,33,38H,1H3,(H,32,36). The Bertz CT molecular complexity index is 1520. The van der Waals surface area contributed by atoms with E-state index in [4.69, 9.17) is 0 Å². The van der Waals surface area contributed by atoms with Gasteiger partial charge in [-0.15, -0.1) is 30.9 Å². The van der Waals surface area contributed by atoms with Gasteiger partial charge in [-0.05, 0) is 67.1 Å². The zero-order valence-corrected chi connectivity index (χ0v) is 20.6. The van der Waals surface area contributed by atoms with Crippen molar-refractivity contribution in [3.63, 3.8) is 0 Å². The van der Waals surface area contributed by atoms with E-state index in [0.29, 0.717) is 22.8 Å². The minimum atomic E-state index is -4.77. The van der Waals surface area contributed by atoms with Crippen LogP contribution in [0.5, 0.6) is 5.75 Å². The third-order valence-electron chi connectivity index (χ3n) is 5.20. The van der Waals surface area contributed by atoms with Gasteiger partial charge in [-0.2, -0.15) is 5.26 Å². The smallest absolute Gasteiger partial charge is 0.406 e. The van der Waals surface area contributed by atoms with E-state index in [1.165, 1.54) is 35.3 Å². The fourth-order valence-corrected chi connectivity index (χ4v) is 3.60. The number of carbonyl (C=O) groups is 1. The Morgan fingerprint density at radius 1 is 1.03 bits per heavy atom. The molecule has 1 heterocycles. The molecule has 1 aromatic heterocycles. The van der Waals surface area contributed by atoms with Crippen LogP contribution < -0.4 is 15.4 Å². The molecule has 0 saturated carbocycles. The van der Waals surface area contributed by atoms with Gasteiger partial charge in [0.05, 0.1) is 10.7 Å². The molecule has 0 aliphatic heterocycles. The first kappa shape index (κ1) is 26.3. The molecule has 2 N–H and O–H groups in total. The molecule has 0 saturated heterocycles. The van der Waals surface area contributed by atoms with Crippen LogP contribution in [0.25, 0.3) is 17.1 Å². The molecule has 0 radical (unpaired) electrons. The van der Waals surface area contributed by atoms with Crippen molar-refractivity contribution in [1.82, 2.24) is 14.8 Å². The molecular weight excluding hydrogens is 517 g/mol. The van der Waals surface area contributed by atoms with Crippen molar-refractivity contribution < 1.29 is 22.7 Å². The number of thiol groups is 1. The van der Waals surface area contributed by atoms with Crippen molar-refractivity contribution in [2.24, 2.45) is 0 Å². The number of alkyl halides is 3. The number of rotatable bonds is 7. The van der Waals surface area contributed by atoms with Gasteiger partial charge in [-0.3, -0.25) is 4.79 Å². The highest BCUT2D eigenvalue weighted by Gasteiger charge is 2.31. The lowest BCUT2D eigenvalue weighted by molar-refractivity contribution is -0.274. The van der Waals surface area contributed by atoms with Crippen LogP contribution >= 0.6 is 12.6 Å². The summed E-state index contributed by atoms with van der Waals surface area (Å²) in [6.45, 7) is 1.89. The lowest BCUT2D eigenvalue weighted by Crippen LogP contribution is -2.17. The maximum Gasteiger partial charge on any atom is 0.573 e. The average molecular weight is 537 g/mol. The summed E-state index contributed by atoms with van der Waals surface area (Å²) in [5, 5.41) is 19.6. The minimum Gasteiger partial charge on any atom is -0.406 e. The fraction of sp³-hybridized carbons (Fsp3) is 0.0769. The van der Waals surface area contributed by atoms with Crippen LogP contribution in [0, 0.1) is 18.3 Å². The fourth-order valence-electron chi connectivity index (χ4n) is 3.33. The molecule has 38 heavy (non-hydrogen) atoms. The highest BCUT2D eigenvalue weighted by Crippen LogP contribution is 2.25. The number of para-hydroxylation sites is 1. The Kier molecular flexibility index (Phi) is 7.68.